The van der Waals surface area contributed by atoms with Crippen LogP contribution in [0, 0.1) is 12.3 Å². The lowest BCUT2D eigenvalue weighted by atomic mass is 9.93. The van der Waals surface area contributed by atoms with E-state index < -0.39 is 5.41 Å². The summed E-state index contributed by atoms with van der Waals surface area (Å²) in [5.74, 6) is 1.44. The molecule has 0 aliphatic rings. The largest absolute Gasteiger partial charge is 0.383 e. The minimum Gasteiger partial charge on any atom is -0.383 e. The number of nitrogen functional groups attached to an aromatic ring is 1. The zero-order chi connectivity index (χ0) is 13.9. The van der Waals surface area contributed by atoms with Crippen molar-refractivity contribution in [1.82, 2.24) is 9.97 Å². The summed E-state index contributed by atoms with van der Waals surface area (Å²) in [6.45, 7) is 7.77. The molecule has 0 atom stereocenters. The lowest BCUT2D eigenvalue weighted by molar-refractivity contribution is -0.125. The molecule has 0 bridgehead atoms. The van der Waals surface area contributed by atoms with Crippen LogP contribution in [0.25, 0.3) is 0 Å². The molecule has 6 heteroatoms. The standard InChI is InChI=1S/C12H21N5O/c1-5-8-16-9(13)7(2)10(17-8)15-6-12(3,4)11(14)18/h5-6H2,1-4H3,(H2,14,18)(H3,13,15,16,17). The topological polar surface area (TPSA) is 107 Å². The molecule has 0 aliphatic carbocycles. The Morgan fingerprint density at radius 3 is 2.50 bits per heavy atom. The van der Waals surface area contributed by atoms with Gasteiger partial charge in [-0.25, -0.2) is 9.97 Å². The van der Waals surface area contributed by atoms with Crippen molar-refractivity contribution in [2.75, 3.05) is 17.6 Å². The molecule has 1 amide bonds. The van der Waals surface area contributed by atoms with Crippen molar-refractivity contribution in [2.45, 2.75) is 34.1 Å². The van der Waals surface area contributed by atoms with Gasteiger partial charge in [-0.1, -0.05) is 6.92 Å². The van der Waals surface area contributed by atoms with Crippen LogP contribution in [0.15, 0.2) is 0 Å². The fraction of sp³-hybridized carbons (Fsp3) is 0.583. The van der Waals surface area contributed by atoms with Crippen LogP contribution in [-0.2, 0) is 11.2 Å². The molecule has 1 aromatic heterocycles. The van der Waals surface area contributed by atoms with Crippen LogP contribution in [0.4, 0.5) is 11.6 Å². The highest BCUT2D eigenvalue weighted by atomic mass is 16.1. The van der Waals surface area contributed by atoms with Gasteiger partial charge in [-0.3, -0.25) is 4.79 Å². The number of rotatable bonds is 5. The van der Waals surface area contributed by atoms with Gasteiger partial charge in [0.2, 0.25) is 5.91 Å². The van der Waals surface area contributed by atoms with Crippen molar-refractivity contribution in [3.8, 4) is 0 Å². The van der Waals surface area contributed by atoms with Crippen LogP contribution in [-0.4, -0.2) is 22.4 Å². The van der Waals surface area contributed by atoms with Gasteiger partial charge in [0.15, 0.2) is 0 Å². The highest BCUT2D eigenvalue weighted by molar-refractivity contribution is 5.80. The van der Waals surface area contributed by atoms with Crippen LogP contribution in [0.3, 0.4) is 0 Å². The Morgan fingerprint density at radius 1 is 1.39 bits per heavy atom. The number of hydrogen-bond acceptors (Lipinski definition) is 5. The predicted molar refractivity (Wildman–Crippen MR) is 72.0 cm³/mol. The number of hydrogen-bond donors (Lipinski definition) is 3. The van der Waals surface area contributed by atoms with Gasteiger partial charge in [0.1, 0.15) is 17.5 Å². The number of carbonyl (C=O) groups is 1. The molecule has 1 heterocycles. The van der Waals surface area contributed by atoms with Crippen LogP contribution < -0.4 is 16.8 Å². The SMILES string of the molecule is CCc1nc(N)c(C)c(NCC(C)(C)C(N)=O)n1. The first-order valence-corrected chi connectivity index (χ1v) is 5.94. The lowest BCUT2D eigenvalue weighted by Gasteiger charge is -2.22. The van der Waals surface area contributed by atoms with E-state index in [0.717, 1.165) is 5.56 Å². The molecule has 0 spiro atoms. The van der Waals surface area contributed by atoms with Gasteiger partial charge in [0, 0.05) is 18.5 Å². The molecule has 0 fully saturated rings. The third-order valence-corrected chi connectivity index (χ3v) is 2.91. The second-order valence-corrected chi connectivity index (χ2v) is 4.95. The highest BCUT2D eigenvalue weighted by Gasteiger charge is 2.25. The van der Waals surface area contributed by atoms with Crippen LogP contribution in [0.2, 0.25) is 0 Å². The maximum absolute atomic E-state index is 11.2. The average Bonchev–Trinajstić information content (AvgIpc) is 2.30. The zero-order valence-corrected chi connectivity index (χ0v) is 11.4. The average molecular weight is 251 g/mol. The summed E-state index contributed by atoms with van der Waals surface area (Å²) in [6.07, 6.45) is 0.707. The fourth-order valence-corrected chi connectivity index (χ4v) is 1.30. The Bertz CT molecular complexity index is 456. The maximum atomic E-state index is 11.2. The summed E-state index contributed by atoms with van der Waals surface area (Å²) in [4.78, 5) is 19.8. The maximum Gasteiger partial charge on any atom is 0.224 e. The van der Waals surface area contributed by atoms with Crippen molar-refractivity contribution in [2.24, 2.45) is 11.1 Å². The first-order chi connectivity index (χ1) is 8.27. The van der Waals surface area contributed by atoms with Crippen molar-refractivity contribution in [3.63, 3.8) is 0 Å². The molecular formula is C12H21N5O. The van der Waals surface area contributed by atoms with Crippen molar-refractivity contribution < 1.29 is 4.79 Å². The Hall–Kier alpha value is -1.85. The Balaban J connectivity index is 2.91. The molecule has 0 aliphatic heterocycles. The Labute approximate surface area is 107 Å². The van der Waals surface area contributed by atoms with Gasteiger partial charge >= 0.3 is 0 Å². The number of nitrogens with one attached hydrogen (secondary N) is 1. The number of primary amides is 1. The fourth-order valence-electron chi connectivity index (χ4n) is 1.30. The molecule has 6 nitrogen and oxygen atoms in total. The van der Waals surface area contributed by atoms with Crippen molar-refractivity contribution >= 4 is 17.5 Å². The van der Waals surface area contributed by atoms with Crippen LogP contribution in [0.1, 0.15) is 32.2 Å². The summed E-state index contributed by atoms with van der Waals surface area (Å²) in [5, 5.41) is 3.12. The highest BCUT2D eigenvalue weighted by Crippen LogP contribution is 2.20. The predicted octanol–water partition coefficient (Wildman–Crippen LogP) is 0.853. The van der Waals surface area contributed by atoms with E-state index in [1.807, 2.05) is 13.8 Å². The molecule has 100 valence electrons. The van der Waals surface area contributed by atoms with E-state index in [-0.39, 0.29) is 5.91 Å². The molecule has 1 rings (SSSR count). The van der Waals surface area contributed by atoms with E-state index in [0.29, 0.717) is 30.4 Å². The summed E-state index contributed by atoms with van der Waals surface area (Å²) in [7, 11) is 0. The molecule has 0 saturated heterocycles. The first kappa shape index (κ1) is 14.2. The van der Waals surface area contributed by atoms with Gasteiger partial charge in [-0.05, 0) is 20.8 Å². The lowest BCUT2D eigenvalue weighted by Crippen LogP contribution is -2.37. The van der Waals surface area contributed by atoms with Gasteiger partial charge in [0.25, 0.3) is 0 Å². The van der Waals surface area contributed by atoms with Gasteiger partial charge in [-0.2, -0.15) is 0 Å². The number of anilines is 2. The molecule has 1 aromatic rings. The number of aryl methyl sites for hydroxylation is 1. The third-order valence-electron chi connectivity index (χ3n) is 2.91. The molecule has 5 N–H and O–H groups in total. The molecular weight excluding hydrogens is 230 g/mol. The van der Waals surface area contributed by atoms with Gasteiger partial charge < -0.3 is 16.8 Å². The number of nitrogens with zero attached hydrogens (tertiary/aromatic N) is 2. The summed E-state index contributed by atoms with van der Waals surface area (Å²) < 4.78 is 0. The summed E-state index contributed by atoms with van der Waals surface area (Å²) in [6, 6.07) is 0. The van der Waals surface area contributed by atoms with Crippen LogP contribution >= 0.6 is 0 Å². The van der Waals surface area contributed by atoms with E-state index >= 15 is 0 Å². The monoisotopic (exact) mass is 251 g/mol. The molecule has 0 unspecified atom stereocenters. The first-order valence-electron chi connectivity index (χ1n) is 5.94. The normalized spacial score (nSPS) is 11.3. The summed E-state index contributed by atoms with van der Waals surface area (Å²) in [5.41, 5.74) is 11.3. The summed E-state index contributed by atoms with van der Waals surface area (Å²) >= 11 is 0. The van der Waals surface area contributed by atoms with E-state index in [4.69, 9.17) is 11.5 Å². The number of amides is 1. The Kier molecular flexibility index (Phi) is 4.11. The minimum absolute atomic E-state index is 0.356. The van der Waals surface area contributed by atoms with Gasteiger partial charge in [-0.15, -0.1) is 0 Å². The molecule has 0 aromatic carbocycles. The van der Waals surface area contributed by atoms with E-state index in [9.17, 15) is 4.79 Å². The quantitative estimate of drug-likeness (QED) is 0.719. The van der Waals surface area contributed by atoms with Crippen LogP contribution in [0.5, 0.6) is 0 Å². The Morgan fingerprint density at radius 2 is 2.00 bits per heavy atom. The van der Waals surface area contributed by atoms with Gasteiger partial charge in [0.05, 0.1) is 5.41 Å². The second-order valence-electron chi connectivity index (χ2n) is 4.95. The second kappa shape index (κ2) is 5.20. The number of carbonyl (C=O) groups excluding carboxylic acids is 1. The van der Waals surface area contributed by atoms with E-state index in [2.05, 4.69) is 15.3 Å². The van der Waals surface area contributed by atoms with Crippen molar-refractivity contribution in [3.05, 3.63) is 11.4 Å². The van der Waals surface area contributed by atoms with E-state index in [1.165, 1.54) is 0 Å². The number of aromatic nitrogens is 2. The number of nitrogens with two attached hydrogens (primary N) is 2. The third kappa shape index (κ3) is 3.09. The van der Waals surface area contributed by atoms with Crippen molar-refractivity contribution in [1.29, 1.82) is 0 Å². The molecule has 0 saturated carbocycles. The minimum atomic E-state index is -0.640. The molecule has 0 radical (unpaired) electrons. The van der Waals surface area contributed by atoms with E-state index in [1.54, 1.807) is 13.8 Å². The molecule has 18 heavy (non-hydrogen) atoms. The smallest absolute Gasteiger partial charge is 0.224 e. The zero-order valence-electron chi connectivity index (χ0n) is 11.4.